The first-order chi connectivity index (χ1) is 10.5. The predicted octanol–water partition coefficient (Wildman–Crippen LogP) is 3.78. The first-order valence-corrected chi connectivity index (χ1v) is 7.99. The summed E-state index contributed by atoms with van der Waals surface area (Å²) in [5, 5.41) is 13.7. The smallest absolute Gasteiger partial charge is 0.306 e. The van der Waals surface area contributed by atoms with Crippen molar-refractivity contribution in [2.24, 2.45) is 5.92 Å². The van der Waals surface area contributed by atoms with Gasteiger partial charge in [0.05, 0.1) is 12.5 Å². The number of aryl methyl sites for hydroxylation is 2. The van der Waals surface area contributed by atoms with Crippen LogP contribution in [-0.4, -0.2) is 17.1 Å². The summed E-state index contributed by atoms with van der Waals surface area (Å²) < 4.78 is 5.89. The number of benzene rings is 1. The zero-order chi connectivity index (χ0) is 15.7. The Hall–Kier alpha value is -1.81. The number of furan rings is 1. The molecular formula is C18H23NO3. The normalized spacial score (nSPS) is 22.1. The quantitative estimate of drug-likeness (QED) is 0.902. The largest absolute Gasteiger partial charge is 0.481 e. The van der Waals surface area contributed by atoms with Gasteiger partial charge in [-0.25, -0.2) is 0 Å². The maximum atomic E-state index is 11.1. The average molecular weight is 301 g/mol. The topological polar surface area (TPSA) is 62.5 Å². The van der Waals surface area contributed by atoms with Gasteiger partial charge in [0.1, 0.15) is 11.3 Å². The Labute approximate surface area is 130 Å². The molecule has 4 nitrogen and oxygen atoms in total. The molecule has 3 rings (SSSR count). The third-order valence-electron chi connectivity index (χ3n) is 4.77. The van der Waals surface area contributed by atoms with Crippen LogP contribution < -0.4 is 5.32 Å². The van der Waals surface area contributed by atoms with Crippen molar-refractivity contribution in [1.82, 2.24) is 5.32 Å². The summed E-state index contributed by atoms with van der Waals surface area (Å²) in [5.74, 6) is 0.0471. The van der Waals surface area contributed by atoms with Gasteiger partial charge in [-0.2, -0.15) is 0 Å². The lowest BCUT2D eigenvalue weighted by Gasteiger charge is -2.27. The highest BCUT2D eigenvalue weighted by Gasteiger charge is 2.26. The van der Waals surface area contributed by atoms with E-state index in [1.165, 1.54) is 11.1 Å². The SMILES string of the molecule is Cc1cc2cc(CNC3CCCC(C(=O)O)C3)oc2cc1C. The van der Waals surface area contributed by atoms with E-state index in [2.05, 4.69) is 37.4 Å². The third-order valence-corrected chi connectivity index (χ3v) is 4.77. The summed E-state index contributed by atoms with van der Waals surface area (Å²) >= 11 is 0. The molecule has 1 aromatic heterocycles. The third kappa shape index (κ3) is 3.17. The van der Waals surface area contributed by atoms with E-state index >= 15 is 0 Å². The number of hydrogen-bond acceptors (Lipinski definition) is 3. The maximum Gasteiger partial charge on any atom is 0.306 e. The number of carbonyl (C=O) groups is 1. The van der Waals surface area contributed by atoms with Gasteiger partial charge in [0.25, 0.3) is 0 Å². The maximum absolute atomic E-state index is 11.1. The Morgan fingerprint density at radius 3 is 2.82 bits per heavy atom. The fraction of sp³-hybridized carbons (Fsp3) is 0.500. The van der Waals surface area contributed by atoms with Gasteiger partial charge in [0, 0.05) is 11.4 Å². The zero-order valence-electron chi connectivity index (χ0n) is 13.2. The molecular weight excluding hydrogens is 278 g/mol. The highest BCUT2D eigenvalue weighted by molar-refractivity contribution is 5.79. The van der Waals surface area contributed by atoms with Crippen LogP contribution >= 0.6 is 0 Å². The molecule has 0 radical (unpaired) electrons. The second-order valence-corrected chi connectivity index (χ2v) is 6.47. The number of carboxylic acids is 1. The molecule has 1 saturated carbocycles. The molecule has 1 fully saturated rings. The first kappa shape index (κ1) is 15.1. The van der Waals surface area contributed by atoms with E-state index in [9.17, 15) is 4.79 Å². The number of rotatable bonds is 4. The number of aliphatic carboxylic acids is 1. The van der Waals surface area contributed by atoms with Gasteiger partial charge in [0.15, 0.2) is 0 Å². The number of nitrogens with one attached hydrogen (secondary N) is 1. The molecule has 0 saturated heterocycles. The fourth-order valence-electron chi connectivity index (χ4n) is 3.29. The number of fused-ring (bicyclic) bond motifs is 1. The van der Waals surface area contributed by atoms with Crippen LogP contribution in [0.5, 0.6) is 0 Å². The molecule has 1 aromatic carbocycles. The van der Waals surface area contributed by atoms with Crippen molar-refractivity contribution in [3.63, 3.8) is 0 Å². The molecule has 2 atom stereocenters. The highest BCUT2D eigenvalue weighted by atomic mass is 16.4. The molecule has 1 aliphatic carbocycles. The number of hydrogen-bond donors (Lipinski definition) is 2. The molecule has 1 heterocycles. The van der Waals surface area contributed by atoms with Crippen molar-refractivity contribution in [1.29, 1.82) is 0 Å². The van der Waals surface area contributed by atoms with Gasteiger partial charge in [-0.1, -0.05) is 6.42 Å². The summed E-state index contributed by atoms with van der Waals surface area (Å²) in [6, 6.07) is 6.58. The summed E-state index contributed by atoms with van der Waals surface area (Å²) in [6.07, 6.45) is 3.54. The highest BCUT2D eigenvalue weighted by Crippen LogP contribution is 2.26. The monoisotopic (exact) mass is 301 g/mol. The minimum atomic E-state index is -0.666. The van der Waals surface area contributed by atoms with Crippen molar-refractivity contribution in [3.05, 3.63) is 35.1 Å². The number of carboxylic acid groups (broad SMARTS) is 1. The Balaban J connectivity index is 1.65. The van der Waals surface area contributed by atoms with Crippen LogP contribution in [0.15, 0.2) is 22.6 Å². The van der Waals surface area contributed by atoms with Crippen molar-refractivity contribution in [2.45, 2.75) is 52.1 Å². The first-order valence-electron chi connectivity index (χ1n) is 7.99. The molecule has 0 amide bonds. The Kier molecular flexibility index (Phi) is 4.21. The summed E-state index contributed by atoms with van der Waals surface area (Å²) in [6.45, 7) is 4.85. The molecule has 2 unspecified atom stereocenters. The summed E-state index contributed by atoms with van der Waals surface area (Å²) in [5.41, 5.74) is 3.43. The average Bonchev–Trinajstić information content (AvgIpc) is 2.87. The van der Waals surface area contributed by atoms with Crippen LogP contribution in [0.3, 0.4) is 0 Å². The van der Waals surface area contributed by atoms with Gasteiger partial charge >= 0.3 is 5.97 Å². The van der Waals surface area contributed by atoms with Crippen LogP contribution in [0.4, 0.5) is 0 Å². The van der Waals surface area contributed by atoms with E-state index < -0.39 is 5.97 Å². The minimum Gasteiger partial charge on any atom is -0.481 e. The van der Waals surface area contributed by atoms with Crippen LogP contribution in [0, 0.1) is 19.8 Å². The lowest BCUT2D eigenvalue weighted by molar-refractivity contribution is -0.143. The molecule has 2 N–H and O–H groups in total. The fourth-order valence-corrected chi connectivity index (χ4v) is 3.29. The van der Waals surface area contributed by atoms with Crippen LogP contribution in [0.25, 0.3) is 11.0 Å². The van der Waals surface area contributed by atoms with E-state index in [-0.39, 0.29) is 12.0 Å². The lowest BCUT2D eigenvalue weighted by Crippen LogP contribution is -2.35. The summed E-state index contributed by atoms with van der Waals surface area (Å²) in [4.78, 5) is 11.1. The van der Waals surface area contributed by atoms with Gasteiger partial charge in [0.2, 0.25) is 0 Å². The second-order valence-electron chi connectivity index (χ2n) is 6.47. The zero-order valence-corrected chi connectivity index (χ0v) is 13.2. The minimum absolute atomic E-state index is 0.202. The van der Waals surface area contributed by atoms with Crippen LogP contribution in [0.1, 0.15) is 42.6 Å². The molecule has 22 heavy (non-hydrogen) atoms. The summed E-state index contributed by atoms with van der Waals surface area (Å²) in [7, 11) is 0. The Bertz CT molecular complexity index is 650. The van der Waals surface area contributed by atoms with E-state index in [1.54, 1.807) is 0 Å². The molecule has 0 spiro atoms. The molecule has 118 valence electrons. The van der Waals surface area contributed by atoms with Gasteiger partial charge in [-0.3, -0.25) is 4.79 Å². The van der Waals surface area contributed by atoms with Crippen LogP contribution in [0.2, 0.25) is 0 Å². The van der Waals surface area contributed by atoms with Crippen molar-refractivity contribution in [3.8, 4) is 0 Å². The molecule has 4 heteroatoms. The van der Waals surface area contributed by atoms with Crippen LogP contribution in [-0.2, 0) is 11.3 Å². The van der Waals surface area contributed by atoms with Crippen molar-refractivity contribution >= 4 is 16.9 Å². The van der Waals surface area contributed by atoms with Gasteiger partial charge in [-0.05, 0) is 62.4 Å². The van der Waals surface area contributed by atoms with E-state index in [4.69, 9.17) is 9.52 Å². The molecule has 2 aromatic rings. The van der Waals surface area contributed by atoms with Gasteiger partial charge < -0.3 is 14.8 Å². The van der Waals surface area contributed by atoms with E-state index in [0.29, 0.717) is 13.0 Å². The Morgan fingerprint density at radius 2 is 2.05 bits per heavy atom. The van der Waals surface area contributed by atoms with E-state index in [1.807, 2.05) is 0 Å². The second kappa shape index (κ2) is 6.13. The van der Waals surface area contributed by atoms with Crippen molar-refractivity contribution in [2.75, 3.05) is 0 Å². The predicted molar refractivity (Wildman–Crippen MR) is 85.9 cm³/mol. The molecule has 0 aliphatic heterocycles. The van der Waals surface area contributed by atoms with E-state index in [0.717, 1.165) is 36.0 Å². The van der Waals surface area contributed by atoms with Crippen molar-refractivity contribution < 1.29 is 14.3 Å². The van der Waals surface area contributed by atoms with Gasteiger partial charge in [-0.15, -0.1) is 0 Å². The standard InChI is InChI=1S/C18H23NO3/c1-11-6-14-9-16(22-17(14)7-12(11)2)10-19-15-5-3-4-13(8-15)18(20)21/h6-7,9,13,15,19H,3-5,8,10H2,1-2H3,(H,20,21). The lowest BCUT2D eigenvalue weighted by atomic mass is 9.86. The molecule has 1 aliphatic rings. The molecule has 0 bridgehead atoms. The Morgan fingerprint density at radius 1 is 1.27 bits per heavy atom.